The van der Waals surface area contributed by atoms with E-state index in [-0.39, 0.29) is 22.9 Å². The van der Waals surface area contributed by atoms with Crippen molar-refractivity contribution < 1.29 is 36.7 Å². The van der Waals surface area contributed by atoms with Crippen LogP contribution in [0.1, 0.15) is 25.1 Å². The van der Waals surface area contributed by atoms with E-state index >= 15 is 8.78 Å². The number of nitrogens with one attached hydrogen (secondary N) is 1. The van der Waals surface area contributed by atoms with Crippen LogP contribution in [0.5, 0.6) is 11.5 Å². The largest absolute Gasteiger partial charge is 0.612 e. The summed E-state index contributed by atoms with van der Waals surface area (Å²) in [6.45, 7) is 1.97. The molecule has 0 bridgehead atoms. The van der Waals surface area contributed by atoms with Gasteiger partial charge in [-0.1, -0.05) is 18.2 Å². The molecule has 1 unspecified atom stereocenters. The Morgan fingerprint density at radius 1 is 1.07 bits per heavy atom. The number of halogens is 4. The second kappa shape index (κ2) is 10.1. The minimum absolute atomic E-state index is 0.0881. The molecule has 1 atom stereocenters. The molecule has 0 spiro atoms. The minimum atomic E-state index is -3.85. The fourth-order valence-corrected chi connectivity index (χ4v) is 5.73. The quantitative estimate of drug-likeness (QED) is 0.181. The van der Waals surface area contributed by atoms with Gasteiger partial charge in [0, 0.05) is 30.4 Å². The van der Waals surface area contributed by atoms with Gasteiger partial charge in [0.2, 0.25) is 0 Å². The van der Waals surface area contributed by atoms with E-state index in [1.54, 1.807) is 42.7 Å². The van der Waals surface area contributed by atoms with Crippen LogP contribution in [0.3, 0.4) is 0 Å². The molecule has 0 saturated carbocycles. The number of nitrogens with two attached hydrogens (primary N) is 1. The monoisotopic (exact) mass is 629 g/mol. The lowest BCUT2D eigenvalue weighted by Crippen LogP contribution is -2.42. The highest BCUT2D eigenvalue weighted by Gasteiger charge is 2.52. The molecule has 44 heavy (non-hydrogen) atoms. The number of benzene rings is 3. The normalized spacial score (nSPS) is 16.3. The van der Waals surface area contributed by atoms with Crippen LogP contribution < -0.4 is 25.6 Å². The van der Waals surface area contributed by atoms with Gasteiger partial charge >= 0.3 is 12.2 Å². The molecule has 1 aromatic heterocycles. The number of rotatable bonds is 6. The number of alkyl halides is 4. The Balaban J connectivity index is 1.55. The Morgan fingerprint density at radius 2 is 1.77 bits per heavy atom. The van der Waals surface area contributed by atoms with Crippen LogP contribution in [0.15, 0.2) is 71.8 Å². The van der Waals surface area contributed by atoms with Crippen LogP contribution in [0.25, 0.3) is 28.1 Å². The molecule has 4 N–H and O–H groups in total. The van der Waals surface area contributed by atoms with E-state index in [0.29, 0.717) is 33.0 Å². The highest BCUT2D eigenvalue weighted by Crippen LogP contribution is 2.51. The van der Waals surface area contributed by atoms with Gasteiger partial charge < -0.3 is 24.9 Å². The number of aromatic nitrogens is 2. The molecule has 0 saturated heterocycles. The summed E-state index contributed by atoms with van der Waals surface area (Å²) in [4.78, 5) is 0.613. The van der Waals surface area contributed by atoms with Crippen molar-refractivity contribution in [2.45, 2.75) is 36.6 Å². The van der Waals surface area contributed by atoms with Crippen molar-refractivity contribution in [3.05, 3.63) is 78.1 Å². The number of ether oxygens (including phenoxy) is 2. The van der Waals surface area contributed by atoms with Crippen LogP contribution in [-0.4, -0.2) is 37.6 Å². The van der Waals surface area contributed by atoms with Gasteiger partial charge in [-0.15, -0.1) is 8.78 Å². The lowest BCUT2D eigenvalue weighted by molar-refractivity contribution is -0.286. The summed E-state index contributed by atoms with van der Waals surface area (Å²) in [7, 11) is 1.51. The van der Waals surface area contributed by atoms with E-state index in [0.717, 1.165) is 19.4 Å². The maximum absolute atomic E-state index is 15.6. The summed E-state index contributed by atoms with van der Waals surface area (Å²) < 4.78 is 81.4. The minimum Gasteiger partial charge on any atom is -0.612 e. The number of aryl methyl sites for hydroxylation is 1. The molecule has 0 amide bonds. The number of nitrogens with zero attached hydrogens (tertiary/aromatic N) is 3. The molecule has 3 aromatic carbocycles. The van der Waals surface area contributed by atoms with Crippen LogP contribution >= 0.6 is 0 Å². The van der Waals surface area contributed by atoms with Gasteiger partial charge in [-0.05, 0) is 72.5 Å². The zero-order valence-corrected chi connectivity index (χ0v) is 24.7. The number of hydrogen-bond acceptors (Lipinski definition) is 8. The number of aliphatic hydroxyl groups is 1. The fraction of sp³-hybridized carbons (Fsp3) is 0.233. The second-order valence-corrected chi connectivity index (χ2v) is 12.3. The van der Waals surface area contributed by atoms with E-state index in [4.69, 9.17) is 5.73 Å². The molecule has 2 aliphatic heterocycles. The van der Waals surface area contributed by atoms with Crippen LogP contribution in [0, 0.1) is 0 Å². The second-order valence-electron chi connectivity index (χ2n) is 10.9. The SMILES string of the molecule is Cn1nc(C(F)(F)C(C)(C)O)c2c1-c1ccc(-c3cccc([S+](C)[O-])c3)cc1N(/C(=C\N)c1ccc3c(c1)OC(F)(F)O3)N2. The van der Waals surface area contributed by atoms with Crippen molar-refractivity contribution in [1.29, 1.82) is 0 Å². The van der Waals surface area contributed by atoms with Crippen molar-refractivity contribution in [3.8, 4) is 33.9 Å². The predicted octanol–water partition coefficient (Wildman–Crippen LogP) is 5.78. The Labute approximate surface area is 252 Å². The van der Waals surface area contributed by atoms with Gasteiger partial charge in [0.1, 0.15) is 17.5 Å². The van der Waals surface area contributed by atoms with Gasteiger partial charge in [0.05, 0.1) is 17.1 Å². The standard InChI is InChI=1S/C30H27F4N5O4S/c1-28(2,40)29(31,32)27-25-26(38(3)37-27)20-10-8-17(16-6-5-7-19(12-16)44(4)41)13-21(20)39(36-25)22(15-35)18-9-11-23-24(14-18)43-30(33,34)42-23/h5-15,36,40H,35H2,1-4H3/b22-15-. The van der Waals surface area contributed by atoms with Gasteiger partial charge in [0.25, 0.3) is 0 Å². The third kappa shape index (κ3) is 4.78. The summed E-state index contributed by atoms with van der Waals surface area (Å²) >= 11 is -1.23. The van der Waals surface area contributed by atoms with E-state index in [9.17, 15) is 18.4 Å². The van der Waals surface area contributed by atoms with E-state index in [1.165, 1.54) is 41.1 Å². The lowest BCUT2D eigenvalue weighted by atomic mass is 9.94. The number of hydrazine groups is 1. The summed E-state index contributed by atoms with van der Waals surface area (Å²) in [5.74, 6) is -4.21. The molecule has 9 nitrogen and oxygen atoms in total. The summed E-state index contributed by atoms with van der Waals surface area (Å²) in [6.07, 6.45) is -1.09. The molecular formula is C30H27F4N5O4S. The lowest BCUT2D eigenvalue weighted by Gasteiger charge is -2.36. The van der Waals surface area contributed by atoms with E-state index in [2.05, 4.69) is 20.0 Å². The van der Waals surface area contributed by atoms with Crippen LogP contribution in [0.4, 0.5) is 28.9 Å². The predicted molar refractivity (Wildman–Crippen MR) is 158 cm³/mol. The summed E-state index contributed by atoms with van der Waals surface area (Å²) in [5.41, 5.74) is 9.04. The molecule has 230 valence electrons. The molecule has 4 aromatic rings. The molecule has 6 rings (SSSR count). The molecule has 14 heteroatoms. The Kier molecular flexibility index (Phi) is 6.79. The van der Waals surface area contributed by atoms with Gasteiger partial charge in [-0.25, -0.2) is 0 Å². The Bertz CT molecular complexity index is 1820. The summed E-state index contributed by atoms with van der Waals surface area (Å²) in [5, 5.41) is 15.9. The third-order valence-electron chi connectivity index (χ3n) is 7.43. The average Bonchev–Trinajstić information content (AvgIpc) is 3.47. The molecule has 3 heterocycles. The van der Waals surface area contributed by atoms with E-state index in [1.807, 2.05) is 6.07 Å². The maximum atomic E-state index is 15.6. The summed E-state index contributed by atoms with van der Waals surface area (Å²) in [6, 6.07) is 16.5. The molecule has 0 aliphatic carbocycles. The molecule has 0 radical (unpaired) electrons. The average molecular weight is 630 g/mol. The third-order valence-corrected chi connectivity index (χ3v) is 8.34. The first-order valence-corrected chi connectivity index (χ1v) is 14.8. The highest BCUT2D eigenvalue weighted by molar-refractivity contribution is 7.90. The molecule has 2 aliphatic rings. The smallest absolute Gasteiger partial charge is 0.586 e. The van der Waals surface area contributed by atoms with Crippen LogP contribution in [0.2, 0.25) is 0 Å². The number of anilines is 2. The van der Waals surface area contributed by atoms with Crippen molar-refractivity contribution in [1.82, 2.24) is 9.78 Å². The first-order chi connectivity index (χ1) is 20.6. The first-order valence-electron chi connectivity index (χ1n) is 13.3. The Morgan fingerprint density at radius 3 is 2.45 bits per heavy atom. The fourth-order valence-electron chi connectivity index (χ4n) is 5.17. The maximum Gasteiger partial charge on any atom is 0.586 e. The van der Waals surface area contributed by atoms with Gasteiger partial charge in [0.15, 0.2) is 22.1 Å². The molecular weight excluding hydrogens is 602 g/mol. The van der Waals surface area contributed by atoms with E-state index < -0.39 is 34.7 Å². The topological polar surface area (TPSA) is 121 Å². The first kappa shape index (κ1) is 29.7. The van der Waals surface area contributed by atoms with Crippen molar-refractivity contribution in [2.24, 2.45) is 12.8 Å². The van der Waals surface area contributed by atoms with Crippen molar-refractivity contribution >= 4 is 28.2 Å². The Hall–Kier alpha value is -4.40. The van der Waals surface area contributed by atoms with Gasteiger partial charge in [-0.2, -0.15) is 13.9 Å². The van der Waals surface area contributed by atoms with Crippen molar-refractivity contribution in [3.63, 3.8) is 0 Å². The number of hydrogen-bond donors (Lipinski definition) is 3. The highest BCUT2D eigenvalue weighted by atomic mass is 32.2. The van der Waals surface area contributed by atoms with Crippen LogP contribution in [-0.2, 0) is 24.1 Å². The number of fused-ring (bicyclic) bond motifs is 4. The van der Waals surface area contributed by atoms with Crippen molar-refractivity contribution in [2.75, 3.05) is 16.7 Å². The molecule has 0 fully saturated rings. The zero-order chi connectivity index (χ0) is 31.8. The van der Waals surface area contributed by atoms with Gasteiger partial charge in [-0.3, -0.25) is 15.1 Å². The zero-order valence-electron chi connectivity index (χ0n) is 23.9.